The molecule has 1 aromatic heterocycles. The summed E-state index contributed by atoms with van der Waals surface area (Å²) in [6.45, 7) is 8.99. The molecule has 322 valence electrons. The number of aliphatic hydroxyl groups is 1. The summed E-state index contributed by atoms with van der Waals surface area (Å²) in [6, 6.07) is 10.6. The standard InChI is InChI=1S/C43H53F3N8O6/c1-27-10-11-31(22-32(27)41(59)54(26-56)37(8-6-20-55)40(58)48-4)53-18-12-28(13-19-53)25-52-16-14-30(15-17-52)49-24-29-21-36(33(23-34(29)47)42(2,3)60)51-39(57)35-7-5-9-38(50-35)43(44,45)46/h5,7,9-11,20-24,26,28,30,37,60H,6,8,12-19,25,47H2,1-4H3,(H,48,58)(H,51,57). The minimum Gasteiger partial charge on any atom is -0.398 e. The SMILES string of the molecule is CNC(=O)C(CCC=O)N(C=O)C(=O)c1cc(N2CCC(CN3CCC(N=Cc4cc(NC(=O)c5cccc(C(F)(F)F)n5)c(C(C)(C)O)cc4N)CC3)CC2)ccc1C. The van der Waals surface area contributed by atoms with Crippen LogP contribution in [0.5, 0.6) is 0 Å². The zero-order valence-electron chi connectivity index (χ0n) is 34.3. The number of piperidine rings is 2. The number of halogens is 3. The number of aromatic nitrogens is 1. The number of hydrogen-bond acceptors (Lipinski definition) is 11. The Balaban J connectivity index is 1.16. The molecule has 2 aliphatic rings. The number of rotatable bonds is 15. The molecule has 3 heterocycles. The number of aldehydes is 1. The van der Waals surface area contributed by atoms with E-state index in [0.717, 1.165) is 81.1 Å². The van der Waals surface area contributed by atoms with Crippen molar-refractivity contribution in [1.82, 2.24) is 20.1 Å². The zero-order chi connectivity index (χ0) is 43.8. The van der Waals surface area contributed by atoms with Crippen LogP contribution < -0.4 is 21.3 Å². The van der Waals surface area contributed by atoms with Crippen molar-refractivity contribution < 1.29 is 42.3 Å². The fraction of sp³-hybridized carbons (Fsp3) is 0.465. The first kappa shape index (κ1) is 45.4. The number of pyridine rings is 1. The van der Waals surface area contributed by atoms with E-state index < -0.39 is 46.9 Å². The number of anilines is 3. The Kier molecular flexibility index (Phi) is 14.8. The van der Waals surface area contributed by atoms with E-state index in [1.54, 1.807) is 25.3 Å². The van der Waals surface area contributed by atoms with Gasteiger partial charge in [-0.05, 0) is 101 Å². The maximum Gasteiger partial charge on any atom is 0.433 e. The van der Waals surface area contributed by atoms with Crippen molar-refractivity contribution in [3.63, 3.8) is 0 Å². The van der Waals surface area contributed by atoms with E-state index >= 15 is 0 Å². The minimum atomic E-state index is -4.72. The van der Waals surface area contributed by atoms with Crippen LogP contribution in [0.1, 0.15) is 95.6 Å². The van der Waals surface area contributed by atoms with Gasteiger partial charge in [-0.2, -0.15) is 13.2 Å². The number of likely N-dealkylation sites (N-methyl/N-ethyl adjacent to an activating group) is 1. The number of benzene rings is 2. The van der Waals surface area contributed by atoms with E-state index in [9.17, 15) is 42.3 Å². The average molecular weight is 835 g/mol. The number of nitrogens with one attached hydrogen (secondary N) is 2. The highest BCUT2D eigenvalue weighted by atomic mass is 19.4. The molecule has 0 saturated carbocycles. The number of hydrogen-bond donors (Lipinski definition) is 4. The van der Waals surface area contributed by atoms with Gasteiger partial charge in [-0.15, -0.1) is 0 Å². The zero-order valence-corrected chi connectivity index (χ0v) is 34.3. The third kappa shape index (κ3) is 11.3. The molecule has 5 N–H and O–H groups in total. The molecule has 2 saturated heterocycles. The number of carbonyl (C=O) groups is 5. The number of alkyl halides is 3. The fourth-order valence-corrected chi connectivity index (χ4v) is 7.66. The molecule has 1 atom stereocenters. The van der Waals surface area contributed by atoms with E-state index in [0.29, 0.717) is 41.0 Å². The number of amides is 4. The Hall–Kier alpha value is -5.68. The molecule has 5 rings (SSSR count). The second-order valence-electron chi connectivity index (χ2n) is 15.9. The van der Waals surface area contributed by atoms with Crippen LogP contribution in [0.15, 0.2) is 53.5 Å². The van der Waals surface area contributed by atoms with Crippen LogP contribution in [0.4, 0.5) is 30.2 Å². The van der Waals surface area contributed by atoms with Crippen LogP contribution in [-0.4, -0.2) is 108 Å². The fourth-order valence-electron chi connectivity index (χ4n) is 7.66. The largest absolute Gasteiger partial charge is 0.433 e. The number of imide groups is 1. The third-order valence-electron chi connectivity index (χ3n) is 11.1. The monoisotopic (exact) mass is 834 g/mol. The topological polar surface area (TPSA) is 191 Å². The summed E-state index contributed by atoms with van der Waals surface area (Å²) in [5.74, 6) is -1.53. The van der Waals surface area contributed by atoms with Crippen molar-refractivity contribution in [3.8, 4) is 0 Å². The summed E-state index contributed by atoms with van der Waals surface area (Å²) < 4.78 is 39.7. The molecule has 17 heteroatoms. The molecule has 2 aromatic carbocycles. The number of aliphatic imine (C=N–C) groups is 1. The molecule has 0 bridgehead atoms. The smallest absolute Gasteiger partial charge is 0.398 e. The lowest BCUT2D eigenvalue weighted by Gasteiger charge is -2.38. The van der Waals surface area contributed by atoms with E-state index in [1.807, 2.05) is 12.1 Å². The molecule has 60 heavy (non-hydrogen) atoms. The van der Waals surface area contributed by atoms with Crippen LogP contribution >= 0.6 is 0 Å². The van der Waals surface area contributed by atoms with Crippen molar-refractivity contribution in [1.29, 1.82) is 0 Å². The molecule has 0 radical (unpaired) electrons. The Morgan fingerprint density at radius 3 is 2.35 bits per heavy atom. The highest BCUT2D eigenvalue weighted by molar-refractivity contribution is 6.05. The summed E-state index contributed by atoms with van der Waals surface area (Å²) in [5, 5.41) is 15.9. The molecule has 3 aromatic rings. The molecule has 0 aliphatic carbocycles. The Morgan fingerprint density at radius 1 is 1.03 bits per heavy atom. The molecule has 14 nitrogen and oxygen atoms in total. The third-order valence-corrected chi connectivity index (χ3v) is 11.1. The van der Waals surface area contributed by atoms with Gasteiger partial charge in [0.05, 0.1) is 11.6 Å². The van der Waals surface area contributed by atoms with E-state index in [-0.39, 0.29) is 30.1 Å². The first-order valence-corrected chi connectivity index (χ1v) is 20.0. The van der Waals surface area contributed by atoms with E-state index in [2.05, 4.69) is 25.4 Å². The quantitative estimate of drug-likeness (QED) is 0.0925. The Labute approximate surface area is 347 Å². The van der Waals surface area contributed by atoms with E-state index in [1.165, 1.54) is 33.0 Å². The molecule has 4 amide bonds. The van der Waals surface area contributed by atoms with Gasteiger partial charge in [0.2, 0.25) is 12.3 Å². The molecule has 2 fully saturated rings. The van der Waals surface area contributed by atoms with Crippen molar-refractivity contribution in [2.45, 2.75) is 83.2 Å². The van der Waals surface area contributed by atoms with Crippen molar-refractivity contribution in [3.05, 3.63) is 82.2 Å². The number of nitrogens with two attached hydrogens (primary N) is 1. The van der Waals surface area contributed by atoms with Crippen LogP contribution in [0.3, 0.4) is 0 Å². The molecule has 1 unspecified atom stereocenters. The van der Waals surface area contributed by atoms with Crippen LogP contribution in [0.25, 0.3) is 0 Å². The number of nitrogens with zero attached hydrogens (tertiary/aromatic N) is 5. The summed E-state index contributed by atoms with van der Waals surface area (Å²) in [4.78, 5) is 76.0. The lowest BCUT2D eigenvalue weighted by Crippen LogP contribution is -2.48. The summed E-state index contributed by atoms with van der Waals surface area (Å²) in [5.41, 5.74) is 6.36. The van der Waals surface area contributed by atoms with Gasteiger partial charge in [-0.3, -0.25) is 29.1 Å². The molecular formula is C43H53F3N8O6. The normalized spacial score (nSPS) is 16.4. The average Bonchev–Trinajstić information content (AvgIpc) is 3.22. The highest BCUT2D eigenvalue weighted by Crippen LogP contribution is 2.33. The maximum absolute atomic E-state index is 13.6. The van der Waals surface area contributed by atoms with E-state index in [4.69, 9.17) is 10.7 Å². The summed E-state index contributed by atoms with van der Waals surface area (Å²) in [6.07, 6.45) is 1.48. The van der Waals surface area contributed by atoms with Gasteiger partial charge in [0.15, 0.2) is 0 Å². The number of aryl methyl sites for hydroxylation is 1. The molecule has 2 aliphatic heterocycles. The van der Waals surface area contributed by atoms with Gasteiger partial charge < -0.3 is 36.1 Å². The van der Waals surface area contributed by atoms with Crippen LogP contribution in [-0.2, 0) is 26.2 Å². The maximum atomic E-state index is 13.6. The second-order valence-corrected chi connectivity index (χ2v) is 15.9. The predicted molar refractivity (Wildman–Crippen MR) is 222 cm³/mol. The Bertz CT molecular complexity index is 2070. The number of carbonyl (C=O) groups excluding carboxylic acids is 5. The predicted octanol–water partition coefficient (Wildman–Crippen LogP) is 4.96. The van der Waals surface area contributed by atoms with Gasteiger partial charge in [-0.1, -0.05) is 12.1 Å². The van der Waals surface area contributed by atoms with Gasteiger partial charge in [0.1, 0.15) is 23.7 Å². The minimum absolute atomic E-state index is 0.0223. The van der Waals surface area contributed by atoms with Gasteiger partial charge in [0.25, 0.3) is 11.8 Å². The number of nitrogen functional groups attached to an aromatic ring is 1. The summed E-state index contributed by atoms with van der Waals surface area (Å²) in [7, 11) is 1.41. The second kappa shape index (κ2) is 19.6. The molecular weight excluding hydrogens is 782 g/mol. The highest BCUT2D eigenvalue weighted by Gasteiger charge is 2.34. The van der Waals surface area contributed by atoms with Gasteiger partial charge >= 0.3 is 6.18 Å². The first-order valence-electron chi connectivity index (χ1n) is 20.0. The van der Waals surface area contributed by atoms with Crippen molar-refractivity contribution >= 4 is 53.7 Å². The molecule has 0 spiro atoms. The van der Waals surface area contributed by atoms with Gasteiger partial charge in [0, 0.05) is 86.2 Å². The van der Waals surface area contributed by atoms with Gasteiger partial charge in [-0.25, -0.2) is 4.98 Å². The lowest BCUT2D eigenvalue weighted by atomic mass is 9.93. The number of likely N-dealkylation sites (tertiary alicyclic amines) is 1. The van der Waals surface area contributed by atoms with Crippen LogP contribution in [0.2, 0.25) is 0 Å². The Morgan fingerprint density at radius 2 is 1.73 bits per heavy atom. The van der Waals surface area contributed by atoms with Crippen LogP contribution in [0, 0.1) is 12.8 Å². The van der Waals surface area contributed by atoms with Crippen molar-refractivity contribution in [2.24, 2.45) is 10.9 Å². The summed E-state index contributed by atoms with van der Waals surface area (Å²) >= 11 is 0. The lowest BCUT2D eigenvalue weighted by molar-refractivity contribution is -0.141. The first-order chi connectivity index (χ1) is 28.4. The van der Waals surface area contributed by atoms with Crippen molar-refractivity contribution in [2.75, 3.05) is 55.7 Å².